The predicted molar refractivity (Wildman–Crippen MR) is 131 cm³/mol. The van der Waals surface area contributed by atoms with Crippen molar-refractivity contribution in [2.45, 2.75) is 11.8 Å². The average molecular weight is 560 g/mol. The van der Waals surface area contributed by atoms with Crippen molar-refractivity contribution in [2.75, 3.05) is 23.6 Å². The van der Waals surface area contributed by atoms with Crippen LogP contribution in [-0.2, 0) is 34.5 Å². The molecule has 0 saturated carbocycles. The third-order valence-electron chi connectivity index (χ3n) is 4.70. The summed E-state index contributed by atoms with van der Waals surface area (Å²) >= 11 is 0. The highest BCUT2D eigenvalue weighted by molar-refractivity contribution is 7.91. The zero-order chi connectivity index (χ0) is 26.7. The zero-order valence-electron chi connectivity index (χ0n) is 18.6. The summed E-state index contributed by atoms with van der Waals surface area (Å²) in [5, 5.41) is 21.8. The number of rotatable bonds is 10. The van der Waals surface area contributed by atoms with Gasteiger partial charge in [0.2, 0.25) is 0 Å². The first-order valence-electron chi connectivity index (χ1n) is 9.96. The zero-order valence-corrected chi connectivity index (χ0v) is 21.0. The van der Waals surface area contributed by atoms with Gasteiger partial charge in [0.05, 0.1) is 28.6 Å². The van der Waals surface area contributed by atoms with E-state index in [0.29, 0.717) is 16.3 Å². The molecule has 0 unspecified atom stereocenters. The van der Waals surface area contributed by atoms with Crippen LogP contribution in [-0.4, -0.2) is 57.7 Å². The summed E-state index contributed by atoms with van der Waals surface area (Å²) in [5.41, 5.74) is 1.04. The van der Waals surface area contributed by atoms with Crippen LogP contribution in [0.4, 0.5) is 17.1 Å². The number of aromatic hydroxyl groups is 1. The van der Waals surface area contributed by atoms with E-state index in [1.165, 1.54) is 42.5 Å². The number of azo groups is 1. The number of anilines is 1. The van der Waals surface area contributed by atoms with Crippen molar-refractivity contribution in [3.8, 4) is 5.75 Å². The monoisotopic (exact) mass is 559 g/mol. The minimum absolute atomic E-state index is 0.0528. The number of sulfone groups is 1. The summed E-state index contributed by atoms with van der Waals surface area (Å²) in [6.45, 7) is 0.924. The quantitative estimate of drug-likeness (QED) is 0.209. The molecule has 3 rings (SSSR count). The molecule has 0 aromatic heterocycles. The molecule has 4 N–H and O–H groups in total. The van der Waals surface area contributed by atoms with E-state index < -0.39 is 48.6 Å². The lowest BCUT2D eigenvalue weighted by Crippen LogP contribution is -2.15. The molecule has 0 aliphatic rings. The van der Waals surface area contributed by atoms with Crippen LogP contribution >= 0.6 is 0 Å². The van der Waals surface area contributed by atoms with Crippen molar-refractivity contribution in [3.05, 3.63) is 54.1 Å². The second kappa shape index (κ2) is 10.5. The summed E-state index contributed by atoms with van der Waals surface area (Å²) in [4.78, 5) is -0.214. The summed E-state index contributed by atoms with van der Waals surface area (Å²) in [7, 11) is -13.2. The molecule has 0 saturated heterocycles. The molecule has 194 valence electrons. The van der Waals surface area contributed by atoms with Gasteiger partial charge in [-0.1, -0.05) is 6.07 Å². The third-order valence-corrected chi connectivity index (χ3v) is 7.35. The fourth-order valence-corrected chi connectivity index (χ4v) is 5.04. The van der Waals surface area contributed by atoms with Crippen molar-refractivity contribution in [1.82, 2.24) is 0 Å². The number of benzene rings is 3. The first-order valence-corrected chi connectivity index (χ1v) is 14.6. The first-order chi connectivity index (χ1) is 16.6. The van der Waals surface area contributed by atoms with Gasteiger partial charge >= 0.3 is 10.4 Å². The highest BCUT2D eigenvalue weighted by Crippen LogP contribution is 2.39. The van der Waals surface area contributed by atoms with Crippen molar-refractivity contribution in [2.24, 2.45) is 10.2 Å². The number of aryl methyl sites for hydroxylation is 1. The van der Waals surface area contributed by atoms with Crippen molar-refractivity contribution >= 4 is 58.2 Å². The lowest BCUT2D eigenvalue weighted by atomic mass is 10.0. The largest absolute Gasteiger partial charge is 0.507 e. The Kier molecular flexibility index (Phi) is 7.97. The molecule has 0 aliphatic carbocycles. The number of nitrogens with one attached hydrogen (secondary N) is 1. The van der Waals surface area contributed by atoms with Crippen LogP contribution in [0.2, 0.25) is 0 Å². The summed E-state index contributed by atoms with van der Waals surface area (Å²) in [6.07, 6.45) is 0. The van der Waals surface area contributed by atoms with E-state index >= 15 is 0 Å². The van der Waals surface area contributed by atoms with Crippen LogP contribution in [0, 0.1) is 6.92 Å². The van der Waals surface area contributed by atoms with Crippen molar-refractivity contribution in [1.29, 1.82) is 0 Å². The molecule has 0 heterocycles. The molecule has 0 spiro atoms. The van der Waals surface area contributed by atoms with E-state index in [-0.39, 0.29) is 27.7 Å². The number of hydrogen-bond donors (Lipinski definition) is 4. The van der Waals surface area contributed by atoms with Gasteiger partial charge in [-0.3, -0.25) is 9.11 Å². The second-order valence-corrected chi connectivity index (χ2v) is 12.2. The van der Waals surface area contributed by atoms with E-state index in [1.54, 1.807) is 13.0 Å². The number of phenols is 1. The summed E-state index contributed by atoms with van der Waals surface area (Å²) < 4.78 is 90.4. The Morgan fingerprint density at radius 3 is 2.31 bits per heavy atom. The average Bonchev–Trinajstić information content (AvgIpc) is 2.75. The van der Waals surface area contributed by atoms with Crippen LogP contribution in [0.15, 0.2) is 63.7 Å². The summed E-state index contributed by atoms with van der Waals surface area (Å²) in [5.74, 6) is -1.61. The van der Waals surface area contributed by atoms with Gasteiger partial charge in [0.25, 0.3) is 10.1 Å². The number of phenolic OH excluding ortho intramolecular Hbond substituents is 1. The van der Waals surface area contributed by atoms with E-state index in [9.17, 15) is 30.4 Å². The molecule has 3 aromatic carbocycles. The Labute approximate surface area is 207 Å². The number of nitrogens with zero attached hydrogens (tertiary/aromatic N) is 2. The molecule has 0 bridgehead atoms. The van der Waals surface area contributed by atoms with Gasteiger partial charge in [0.1, 0.15) is 17.3 Å². The minimum atomic E-state index is -4.79. The highest BCUT2D eigenvalue weighted by Gasteiger charge is 2.17. The van der Waals surface area contributed by atoms with E-state index in [4.69, 9.17) is 9.11 Å². The molecule has 36 heavy (non-hydrogen) atoms. The second-order valence-electron chi connectivity index (χ2n) is 7.51. The van der Waals surface area contributed by atoms with Gasteiger partial charge in [-0.05, 0) is 55.0 Å². The molecule has 0 amide bonds. The maximum absolute atomic E-state index is 12.5. The fraction of sp³-hybridized carbons (Fsp3) is 0.200. The van der Waals surface area contributed by atoms with Gasteiger partial charge in [-0.25, -0.2) is 12.6 Å². The van der Waals surface area contributed by atoms with Gasteiger partial charge in [-0.15, -0.1) is 5.11 Å². The van der Waals surface area contributed by atoms with Gasteiger partial charge < -0.3 is 10.4 Å². The lowest BCUT2D eigenvalue weighted by molar-refractivity contribution is 0.284. The molecule has 0 aliphatic heterocycles. The molecule has 0 atom stereocenters. The fourth-order valence-electron chi connectivity index (χ4n) is 3.17. The van der Waals surface area contributed by atoms with Crippen LogP contribution in [0.25, 0.3) is 10.8 Å². The molecule has 0 fully saturated rings. The van der Waals surface area contributed by atoms with Crippen LogP contribution in [0.1, 0.15) is 5.56 Å². The maximum atomic E-state index is 12.5. The van der Waals surface area contributed by atoms with E-state index in [1.807, 2.05) is 0 Å². The third kappa shape index (κ3) is 7.42. The summed E-state index contributed by atoms with van der Waals surface area (Å²) in [6, 6.07) is 11.4. The van der Waals surface area contributed by atoms with E-state index in [0.717, 1.165) is 0 Å². The Bertz CT molecular complexity index is 1650. The van der Waals surface area contributed by atoms with Crippen molar-refractivity contribution in [3.63, 3.8) is 0 Å². The van der Waals surface area contributed by atoms with Gasteiger partial charge in [0.15, 0.2) is 9.84 Å². The Hall–Kier alpha value is -3.15. The lowest BCUT2D eigenvalue weighted by Gasteiger charge is -2.12. The van der Waals surface area contributed by atoms with Gasteiger partial charge in [-0.2, -0.15) is 21.9 Å². The molecular weight excluding hydrogens is 538 g/mol. The van der Waals surface area contributed by atoms with E-state index in [2.05, 4.69) is 19.7 Å². The topological polar surface area (TPSA) is 209 Å². The maximum Gasteiger partial charge on any atom is 0.397 e. The Morgan fingerprint density at radius 1 is 0.917 bits per heavy atom. The van der Waals surface area contributed by atoms with Crippen molar-refractivity contribution < 1.29 is 43.6 Å². The Morgan fingerprint density at radius 2 is 1.64 bits per heavy atom. The SMILES string of the molecule is Cc1cc(O)c2ccc(NCS(=O)(=O)O)c(N=Nc3cccc(S(=O)(=O)CCOS(=O)(=O)O)c3)c2c1. The normalized spacial score (nSPS) is 12.9. The number of fused-ring (bicyclic) bond motifs is 1. The molecule has 3 aromatic rings. The van der Waals surface area contributed by atoms with Gasteiger partial charge in [0, 0.05) is 10.8 Å². The molecule has 16 heteroatoms. The highest BCUT2D eigenvalue weighted by atomic mass is 32.3. The standard InChI is InChI=1S/C20H21N3O10S3/c1-13-9-17-16(19(24)10-13)5-6-18(21-12-35(27,28)29)20(17)23-22-14-3-2-4-15(11-14)34(25,26)8-7-33-36(30,31)32/h2-6,9-11,21,24H,7-8,12H2,1H3,(H,27,28,29)(H,30,31,32). The van der Waals surface area contributed by atoms with Crippen LogP contribution in [0.3, 0.4) is 0 Å². The minimum Gasteiger partial charge on any atom is -0.507 e. The Balaban J connectivity index is 2.00. The smallest absolute Gasteiger partial charge is 0.397 e. The molecular formula is C20H21N3O10S3. The first kappa shape index (κ1) is 27.4. The predicted octanol–water partition coefficient (Wildman–Crippen LogP) is 3.12. The molecule has 0 radical (unpaired) electrons. The van der Waals surface area contributed by atoms with Crippen LogP contribution < -0.4 is 5.32 Å². The number of hydrogen-bond acceptors (Lipinski definition) is 11. The van der Waals surface area contributed by atoms with Crippen LogP contribution in [0.5, 0.6) is 5.75 Å². The molecule has 13 nitrogen and oxygen atoms in total.